The number of nitrogens with one attached hydrogen (secondary N) is 2. The van der Waals surface area contributed by atoms with Gasteiger partial charge >= 0.3 is 6.09 Å². The molecule has 126 valence electrons. The molecule has 8 heteroatoms. The molecule has 4 N–H and O–H groups in total. The van der Waals surface area contributed by atoms with Gasteiger partial charge in [0.1, 0.15) is 5.69 Å². The van der Waals surface area contributed by atoms with Crippen molar-refractivity contribution in [3.8, 4) is 11.1 Å². The molecule has 0 aliphatic carbocycles. The topological polar surface area (TPSA) is 113 Å². The maximum Gasteiger partial charge on any atom is 0.409 e. The molecule has 2 heterocycles. The van der Waals surface area contributed by atoms with Gasteiger partial charge in [-0.05, 0) is 12.0 Å². The van der Waals surface area contributed by atoms with Crippen LogP contribution in [0.2, 0.25) is 0 Å². The molecule has 0 unspecified atom stereocenters. The number of carbonyl (C=O) groups is 2. The first-order valence-electron chi connectivity index (χ1n) is 7.76. The molecule has 1 aromatic carbocycles. The highest BCUT2D eigenvalue weighted by molar-refractivity contribution is 6.01. The molecule has 24 heavy (non-hydrogen) atoms. The van der Waals surface area contributed by atoms with Crippen LogP contribution < -0.4 is 11.1 Å². The third kappa shape index (κ3) is 3.32. The Kier molecular flexibility index (Phi) is 4.64. The number of rotatable bonds is 5. The quantitative estimate of drug-likeness (QED) is 0.763. The van der Waals surface area contributed by atoms with Crippen molar-refractivity contribution >= 4 is 17.8 Å². The molecule has 3 rings (SSSR count). The lowest BCUT2D eigenvalue weighted by Gasteiger charge is -2.26. The summed E-state index contributed by atoms with van der Waals surface area (Å²) in [7, 11) is 0. The van der Waals surface area contributed by atoms with Crippen LogP contribution in [0.15, 0.2) is 30.3 Å². The lowest BCUT2D eigenvalue weighted by molar-refractivity contribution is 0.0719. The second kappa shape index (κ2) is 7.03. The van der Waals surface area contributed by atoms with E-state index in [9.17, 15) is 9.59 Å². The second-order valence-electron chi connectivity index (χ2n) is 5.44. The molecular formula is C16H19N5O3. The highest BCUT2D eigenvalue weighted by atomic mass is 16.6. The number of cyclic esters (lactones) is 1. The molecule has 1 aliphatic rings. The Morgan fingerprint density at radius 2 is 2.17 bits per heavy atom. The molecule has 1 aliphatic heterocycles. The van der Waals surface area contributed by atoms with Crippen LogP contribution in [0.1, 0.15) is 16.9 Å². The Labute approximate surface area is 139 Å². The summed E-state index contributed by atoms with van der Waals surface area (Å²) in [6.45, 7) is 1.81. The van der Waals surface area contributed by atoms with Crippen LogP contribution in [0.25, 0.3) is 11.1 Å². The van der Waals surface area contributed by atoms with Gasteiger partial charge in [0.15, 0.2) is 5.82 Å². The highest BCUT2D eigenvalue weighted by Gasteiger charge is 2.21. The fraction of sp³-hybridized carbons (Fsp3) is 0.312. The molecule has 1 aromatic heterocycles. The Bertz CT molecular complexity index is 729. The number of aromatic amines is 1. The van der Waals surface area contributed by atoms with Crippen LogP contribution in [-0.4, -0.2) is 53.3 Å². The van der Waals surface area contributed by atoms with E-state index in [1.54, 1.807) is 4.90 Å². The summed E-state index contributed by atoms with van der Waals surface area (Å²) in [6, 6.07) is 9.34. The number of benzene rings is 1. The van der Waals surface area contributed by atoms with Gasteiger partial charge in [0.25, 0.3) is 5.91 Å². The fourth-order valence-electron chi connectivity index (χ4n) is 2.61. The molecule has 0 atom stereocenters. The van der Waals surface area contributed by atoms with Crippen LogP contribution in [0.4, 0.5) is 10.6 Å². The van der Waals surface area contributed by atoms with Gasteiger partial charge in [-0.15, -0.1) is 0 Å². The van der Waals surface area contributed by atoms with Gasteiger partial charge in [-0.2, -0.15) is 5.10 Å². The second-order valence-corrected chi connectivity index (χ2v) is 5.44. The number of hydrogen-bond acceptors (Lipinski definition) is 5. The van der Waals surface area contributed by atoms with Crippen molar-refractivity contribution in [3.05, 3.63) is 36.0 Å². The Morgan fingerprint density at radius 3 is 2.92 bits per heavy atom. The molecule has 0 spiro atoms. The van der Waals surface area contributed by atoms with Gasteiger partial charge in [-0.3, -0.25) is 9.89 Å². The minimum absolute atomic E-state index is 0.269. The zero-order valence-corrected chi connectivity index (χ0v) is 13.1. The number of nitrogen functional groups attached to an aromatic ring is 1. The number of ether oxygens (including phenoxy) is 1. The number of anilines is 1. The summed E-state index contributed by atoms with van der Waals surface area (Å²) in [5.74, 6) is -0.0469. The molecule has 0 saturated carbocycles. The normalized spacial score (nSPS) is 14.3. The van der Waals surface area contributed by atoms with E-state index in [-0.39, 0.29) is 17.8 Å². The van der Waals surface area contributed by atoms with E-state index in [0.717, 1.165) is 12.0 Å². The summed E-state index contributed by atoms with van der Waals surface area (Å²) in [5.41, 5.74) is 7.58. The molecule has 0 radical (unpaired) electrons. The molecule has 2 amide bonds. The minimum atomic E-state index is -0.341. The largest absolute Gasteiger partial charge is 0.449 e. The van der Waals surface area contributed by atoms with Crippen molar-refractivity contribution in [2.45, 2.75) is 6.42 Å². The number of H-pyrrole nitrogens is 1. The summed E-state index contributed by atoms with van der Waals surface area (Å²) < 4.78 is 4.95. The van der Waals surface area contributed by atoms with Crippen LogP contribution in [0, 0.1) is 0 Å². The maximum absolute atomic E-state index is 12.4. The smallest absolute Gasteiger partial charge is 0.409 e. The zero-order chi connectivity index (χ0) is 16.9. The number of aromatic nitrogens is 2. The van der Waals surface area contributed by atoms with Crippen molar-refractivity contribution < 1.29 is 14.3 Å². The third-order valence-electron chi connectivity index (χ3n) is 3.81. The Morgan fingerprint density at radius 1 is 1.38 bits per heavy atom. The van der Waals surface area contributed by atoms with Crippen molar-refractivity contribution in [1.29, 1.82) is 0 Å². The van der Waals surface area contributed by atoms with E-state index >= 15 is 0 Å². The molecule has 1 fully saturated rings. The van der Waals surface area contributed by atoms with E-state index in [0.29, 0.717) is 37.5 Å². The van der Waals surface area contributed by atoms with E-state index in [1.165, 1.54) is 0 Å². The standard InChI is InChI=1S/C16H19N5O3/c17-14-12(11-5-2-1-3-6-11)13(19-20-14)15(22)18-7-9-21-8-4-10-24-16(21)23/h1-3,5-6H,4,7-10H2,(H,18,22)(H3,17,19,20). The minimum Gasteiger partial charge on any atom is -0.449 e. The first-order chi connectivity index (χ1) is 11.7. The van der Waals surface area contributed by atoms with Gasteiger partial charge in [0.2, 0.25) is 0 Å². The van der Waals surface area contributed by atoms with Gasteiger partial charge in [-0.25, -0.2) is 4.79 Å². The van der Waals surface area contributed by atoms with Gasteiger partial charge in [-0.1, -0.05) is 30.3 Å². The highest BCUT2D eigenvalue weighted by Crippen LogP contribution is 2.27. The lowest BCUT2D eigenvalue weighted by atomic mass is 10.1. The molecular weight excluding hydrogens is 310 g/mol. The van der Waals surface area contributed by atoms with Gasteiger partial charge < -0.3 is 20.7 Å². The number of amides is 2. The molecule has 8 nitrogen and oxygen atoms in total. The van der Waals surface area contributed by atoms with E-state index in [2.05, 4.69) is 15.5 Å². The third-order valence-corrected chi connectivity index (χ3v) is 3.81. The summed E-state index contributed by atoms with van der Waals surface area (Å²) >= 11 is 0. The van der Waals surface area contributed by atoms with Crippen molar-refractivity contribution in [2.24, 2.45) is 0 Å². The summed E-state index contributed by atoms with van der Waals surface area (Å²) in [5, 5.41) is 9.38. The van der Waals surface area contributed by atoms with Crippen LogP contribution in [-0.2, 0) is 4.74 Å². The Hall–Kier alpha value is -3.03. The number of hydrogen-bond donors (Lipinski definition) is 3. The van der Waals surface area contributed by atoms with Crippen molar-refractivity contribution in [1.82, 2.24) is 20.4 Å². The average Bonchev–Trinajstić information content (AvgIpc) is 2.99. The monoisotopic (exact) mass is 329 g/mol. The number of nitrogens with two attached hydrogens (primary N) is 1. The maximum atomic E-state index is 12.4. The SMILES string of the molecule is Nc1n[nH]c(C(=O)NCCN2CCCOC2=O)c1-c1ccccc1. The first-order valence-corrected chi connectivity index (χ1v) is 7.76. The summed E-state index contributed by atoms with van der Waals surface area (Å²) in [4.78, 5) is 25.5. The lowest BCUT2D eigenvalue weighted by Crippen LogP contribution is -2.42. The van der Waals surface area contributed by atoms with E-state index in [4.69, 9.17) is 10.5 Å². The number of carbonyl (C=O) groups excluding carboxylic acids is 2. The van der Waals surface area contributed by atoms with E-state index in [1.807, 2.05) is 30.3 Å². The van der Waals surface area contributed by atoms with Crippen molar-refractivity contribution in [3.63, 3.8) is 0 Å². The van der Waals surface area contributed by atoms with Gasteiger partial charge in [0, 0.05) is 19.6 Å². The predicted octanol–water partition coefficient (Wildman–Crippen LogP) is 1.23. The molecule has 1 saturated heterocycles. The van der Waals surface area contributed by atoms with Crippen LogP contribution in [0.3, 0.4) is 0 Å². The number of nitrogens with zero attached hydrogens (tertiary/aromatic N) is 2. The fourth-order valence-corrected chi connectivity index (χ4v) is 2.61. The Balaban J connectivity index is 1.65. The van der Waals surface area contributed by atoms with Gasteiger partial charge in [0.05, 0.1) is 12.2 Å². The average molecular weight is 329 g/mol. The van der Waals surface area contributed by atoms with Crippen LogP contribution >= 0.6 is 0 Å². The van der Waals surface area contributed by atoms with Crippen LogP contribution in [0.5, 0.6) is 0 Å². The summed E-state index contributed by atoms with van der Waals surface area (Å²) in [6.07, 6.45) is 0.459. The molecule has 2 aromatic rings. The zero-order valence-electron chi connectivity index (χ0n) is 13.1. The van der Waals surface area contributed by atoms with E-state index < -0.39 is 0 Å². The van der Waals surface area contributed by atoms with Crippen molar-refractivity contribution in [2.75, 3.05) is 32.0 Å². The first kappa shape index (κ1) is 15.9. The predicted molar refractivity (Wildman–Crippen MR) is 88.3 cm³/mol. The molecule has 0 bridgehead atoms.